The number of anilines is 1. The van der Waals surface area contributed by atoms with Crippen LogP contribution in [0.4, 0.5) is 10.1 Å². The van der Waals surface area contributed by atoms with E-state index in [9.17, 15) is 23.9 Å². The Morgan fingerprint density at radius 2 is 1.96 bits per heavy atom. The van der Waals surface area contributed by atoms with Gasteiger partial charge in [0.05, 0.1) is 43.1 Å². The molecular weight excluding hydrogens is 609 g/mol. The van der Waals surface area contributed by atoms with E-state index in [1.807, 2.05) is 19.9 Å². The summed E-state index contributed by atoms with van der Waals surface area (Å²) >= 11 is 0. The lowest BCUT2D eigenvalue weighted by Gasteiger charge is -2.39. The van der Waals surface area contributed by atoms with Crippen LogP contribution in [0, 0.1) is 11.7 Å². The molecule has 1 spiro atoms. The number of esters is 1. The molecule has 1 aromatic rings. The molecular formula is C35H48FN3O8. The van der Waals surface area contributed by atoms with Gasteiger partial charge in [-0.25, -0.2) is 4.39 Å². The van der Waals surface area contributed by atoms with E-state index in [1.165, 1.54) is 25.1 Å². The zero-order valence-corrected chi connectivity index (χ0v) is 27.7. The second-order valence-corrected chi connectivity index (χ2v) is 13.0. The van der Waals surface area contributed by atoms with Crippen molar-refractivity contribution < 1.29 is 42.8 Å². The summed E-state index contributed by atoms with van der Waals surface area (Å²) in [6.45, 7) is 9.57. The Hall–Kier alpha value is -3.58. The predicted octanol–water partition coefficient (Wildman–Crippen LogP) is 3.40. The predicted molar refractivity (Wildman–Crippen MR) is 173 cm³/mol. The van der Waals surface area contributed by atoms with Crippen molar-refractivity contribution in [2.75, 3.05) is 12.3 Å². The van der Waals surface area contributed by atoms with Crippen LogP contribution >= 0.6 is 0 Å². The molecule has 2 amide bonds. The van der Waals surface area contributed by atoms with Gasteiger partial charge < -0.3 is 40.4 Å². The monoisotopic (exact) mass is 657 g/mol. The molecule has 1 unspecified atom stereocenters. The number of halogens is 1. The van der Waals surface area contributed by atoms with Gasteiger partial charge in [0.15, 0.2) is 0 Å². The Morgan fingerprint density at radius 1 is 1.21 bits per heavy atom. The number of nitrogen functional groups attached to an aromatic ring is 1. The van der Waals surface area contributed by atoms with E-state index < -0.39 is 41.8 Å². The summed E-state index contributed by atoms with van der Waals surface area (Å²) in [7, 11) is 0. The van der Waals surface area contributed by atoms with E-state index in [2.05, 4.69) is 23.6 Å². The summed E-state index contributed by atoms with van der Waals surface area (Å²) in [5.74, 6) is -1.26. The highest BCUT2D eigenvalue weighted by Gasteiger charge is 2.58. The van der Waals surface area contributed by atoms with Gasteiger partial charge in [-0.05, 0) is 63.3 Å². The van der Waals surface area contributed by atoms with Crippen molar-refractivity contribution in [3.63, 3.8) is 0 Å². The van der Waals surface area contributed by atoms with Crippen LogP contribution in [0.2, 0.25) is 0 Å². The summed E-state index contributed by atoms with van der Waals surface area (Å²) in [5, 5.41) is 16.7. The largest absolute Gasteiger partial charge is 0.459 e. The molecule has 3 saturated heterocycles. The minimum atomic E-state index is -0.863. The Bertz CT molecular complexity index is 1380. The zero-order chi connectivity index (χ0) is 34.3. The van der Waals surface area contributed by atoms with Crippen LogP contribution in [0.25, 0.3) is 0 Å². The number of carbonyl (C=O) groups excluding carboxylic acids is 3. The first-order valence-electron chi connectivity index (χ1n) is 16.2. The Morgan fingerprint density at radius 3 is 2.64 bits per heavy atom. The number of allylic oxidation sites excluding steroid dienone is 2. The highest BCUT2D eigenvalue weighted by Crippen LogP contribution is 2.43. The molecule has 3 aliphatic rings. The number of epoxide rings is 1. The molecule has 12 heteroatoms. The minimum absolute atomic E-state index is 0.0340. The molecule has 0 aliphatic carbocycles. The van der Waals surface area contributed by atoms with Crippen LogP contribution in [-0.4, -0.2) is 77.8 Å². The fraction of sp³-hybridized carbons (Fsp3) is 0.571. The third-order valence-electron chi connectivity index (χ3n) is 8.89. The van der Waals surface area contributed by atoms with E-state index in [0.717, 1.165) is 12.0 Å². The van der Waals surface area contributed by atoms with Crippen LogP contribution < -0.4 is 16.4 Å². The van der Waals surface area contributed by atoms with E-state index in [1.54, 1.807) is 25.1 Å². The average Bonchev–Trinajstić information content (AvgIpc) is 3.78. The first-order valence-corrected chi connectivity index (χ1v) is 16.2. The normalized spacial score (nSPS) is 31.6. The number of carbonyl (C=O) groups is 3. The van der Waals surface area contributed by atoms with E-state index in [4.69, 9.17) is 24.7 Å². The molecule has 1 aromatic carbocycles. The molecule has 9 atom stereocenters. The van der Waals surface area contributed by atoms with Gasteiger partial charge in [-0.1, -0.05) is 36.8 Å². The van der Waals surface area contributed by atoms with Gasteiger partial charge in [-0.15, -0.1) is 0 Å². The second kappa shape index (κ2) is 16.0. The number of ether oxygens (including phenoxy) is 4. The first-order chi connectivity index (χ1) is 22.2. The topological polar surface area (TPSA) is 162 Å². The van der Waals surface area contributed by atoms with Gasteiger partial charge in [0.2, 0.25) is 11.8 Å². The second-order valence-electron chi connectivity index (χ2n) is 13.0. The third kappa shape index (κ3) is 10.5. The van der Waals surface area contributed by atoms with Gasteiger partial charge in [-0.3, -0.25) is 14.4 Å². The molecule has 4 rings (SSSR count). The fourth-order valence-electron chi connectivity index (χ4n) is 6.05. The molecule has 258 valence electrons. The Balaban J connectivity index is 1.25. The molecule has 0 saturated carbocycles. The van der Waals surface area contributed by atoms with Gasteiger partial charge in [0.1, 0.15) is 29.7 Å². The summed E-state index contributed by atoms with van der Waals surface area (Å²) < 4.78 is 36.8. The van der Waals surface area contributed by atoms with Gasteiger partial charge in [0.25, 0.3) is 0 Å². The Kier molecular flexibility index (Phi) is 12.4. The van der Waals surface area contributed by atoms with E-state index in [-0.39, 0.29) is 54.6 Å². The number of hydrogen-bond donors (Lipinski definition) is 4. The molecule has 3 heterocycles. The van der Waals surface area contributed by atoms with Gasteiger partial charge in [-0.2, -0.15) is 0 Å². The number of aliphatic hydroxyl groups excluding tert-OH is 1. The maximum Gasteiger partial charge on any atom is 0.303 e. The average molecular weight is 658 g/mol. The third-order valence-corrected chi connectivity index (χ3v) is 8.89. The molecule has 3 fully saturated rings. The number of amides is 2. The van der Waals surface area contributed by atoms with E-state index in [0.29, 0.717) is 25.0 Å². The van der Waals surface area contributed by atoms with Crippen LogP contribution in [0.15, 0.2) is 54.2 Å². The molecule has 47 heavy (non-hydrogen) atoms. The highest BCUT2D eigenvalue weighted by atomic mass is 19.1. The maximum absolute atomic E-state index is 13.7. The molecule has 0 aromatic heterocycles. The van der Waals surface area contributed by atoms with Crippen molar-refractivity contribution in [2.24, 2.45) is 5.92 Å². The highest BCUT2D eigenvalue weighted by molar-refractivity contribution is 5.87. The SMILES string of the molecule is CC(=O)OC(C)/C=C\C(=O)N[C@@H]1C[C@H](C)[C@H](C/C=C(C)/C=C/[C@H]2O[C@H](CC(=O)NCc3ccc(N)c(F)c3)C[C@@]3(CO3)[C@@H]2O)O[C@@H]1C. The molecule has 3 aliphatic heterocycles. The number of rotatable bonds is 12. The van der Waals surface area contributed by atoms with Crippen LogP contribution in [0.1, 0.15) is 65.9 Å². The number of nitrogens with two attached hydrogens (primary N) is 1. The van der Waals surface area contributed by atoms with Crippen LogP contribution in [0.3, 0.4) is 0 Å². The first kappa shape index (κ1) is 36.3. The fourth-order valence-corrected chi connectivity index (χ4v) is 6.05. The maximum atomic E-state index is 13.7. The lowest BCUT2D eigenvalue weighted by atomic mass is 9.87. The van der Waals surface area contributed by atoms with E-state index >= 15 is 0 Å². The molecule has 5 N–H and O–H groups in total. The lowest BCUT2D eigenvalue weighted by molar-refractivity contribution is -0.145. The number of nitrogens with one attached hydrogen (secondary N) is 2. The quantitative estimate of drug-likeness (QED) is 0.0868. The molecule has 0 bridgehead atoms. The number of hydrogen-bond acceptors (Lipinski definition) is 9. The summed E-state index contributed by atoms with van der Waals surface area (Å²) in [6.07, 6.45) is 7.91. The Labute approximate surface area is 275 Å². The summed E-state index contributed by atoms with van der Waals surface area (Å²) in [5.41, 5.74) is 6.41. The van der Waals surface area contributed by atoms with Crippen molar-refractivity contribution in [1.29, 1.82) is 0 Å². The van der Waals surface area contributed by atoms with Crippen LogP contribution in [0.5, 0.6) is 0 Å². The van der Waals surface area contributed by atoms with Crippen molar-refractivity contribution in [3.8, 4) is 0 Å². The standard InChI is InChI=1S/C35H48FN3O8/c1-20(6-11-30-21(2)14-29(23(4)46-30)39-32(41)13-8-22(3)45-24(5)40)7-12-31-34(43)35(19-44-35)17-26(47-31)16-33(42)38-18-25-9-10-28(37)27(36)15-25/h6-10,12-13,15,21-23,26,29-31,34,43H,11,14,16-19,37H2,1-5H3,(H,38,42)(H,39,41)/b12-7+,13-8-,20-6+/t21-,22?,23+,26+,29+,30-,31+,34+,35+/m0/s1. The number of aliphatic hydroxyl groups is 1. The summed E-state index contributed by atoms with van der Waals surface area (Å²) in [4.78, 5) is 36.1. The summed E-state index contributed by atoms with van der Waals surface area (Å²) in [6, 6.07) is 4.27. The smallest absolute Gasteiger partial charge is 0.303 e. The molecule has 11 nitrogen and oxygen atoms in total. The van der Waals surface area contributed by atoms with Crippen molar-refractivity contribution >= 4 is 23.5 Å². The van der Waals surface area contributed by atoms with Crippen molar-refractivity contribution in [3.05, 3.63) is 65.5 Å². The van der Waals surface area contributed by atoms with Crippen LogP contribution in [-0.2, 0) is 39.9 Å². The van der Waals surface area contributed by atoms with Crippen molar-refractivity contribution in [2.45, 2.75) is 115 Å². The van der Waals surface area contributed by atoms with Gasteiger partial charge >= 0.3 is 5.97 Å². The minimum Gasteiger partial charge on any atom is -0.459 e. The molecule has 0 radical (unpaired) electrons. The zero-order valence-electron chi connectivity index (χ0n) is 27.7. The lowest BCUT2D eigenvalue weighted by Crippen LogP contribution is -2.50. The number of benzene rings is 1. The van der Waals surface area contributed by atoms with Crippen molar-refractivity contribution in [1.82, 2.24) is 10.6 Å². The van der Waals surface area contributed by atoms with Gasteiger partial charge in [0, 0.05) is 26.0 Å².